The predicted molar refractivity (Wildman–Crippen MR) is 81.4 cm³/mol. The van der Waals surface area contributed by atoms with E-state index in [1.54, 1.807) is 24.0 Å². The fraction of sp³-hybridized carbons (Fsp3) is 0.692. The van der Waals surface area contributed by atoms with E-state index in [1.165, 1.54) is 0 Å². The molecular weight excluding hydrogens is 296 g/mol. The van der Waals surface area contributed by atoms with E-state index in [9.17, 15) is 13.5 Å². The van der Waals surface area contributed by atoms with Gasteiger partial charge in [-0.3, -0.25) is 0 Å². The van der Waals surface area contributed by atoms with Crippen molar-refractivity contribution in [2.45, 2.75) is 49.8 Å². The van der Waals surface area contributed by atoms with Gasteiger partial charge in [-0.15, -0.1) is 0 Å². The Morgan fingerprint density at radius 1 is 1.55 bits per heavy atom. The maximum Gasteiger partial charge on any atom is 0.242 e. The van der Waals surface area contributed by atoms with Crippen molar-refractivity contribution in [3.8, 4) is 0 Å². The van der Waals surface area contributed by atoms with E-state index in [0.29, 0.717) is 11.7 Å². The zero-order valence-electron chi connectivity index (χ0n) is 11.9. The zero-order valence-corrected chi connectivity index (χ0v) is 13.5. The van der Waals surface area contributed by atoms with Crippen LogP contribution in [-0.2, 0) is 16.6 Å². The van der Waals surface area contributed by atoms with Gasteiger partial charge in [-0.2, -0.15) is 11.8 Å². The molecule has 0 radical (unpaired) electrons. The van der Waals surface area contributed by atoms with Crippen LogP contribution >= 0.6 is 11.8 Å². The third-order valence-corrected chi connectivity index (χ3v) is 5.63. The van der Waals surface area contributed by atoms with Gasteiger partial charge < -0.3 is 9.67 Å². The van der Waals surface area contributed by atoms with Gasteiger partial charge in [0.05, 0.1) is 11.5 Å². The molecule has 114 valence electrons. The molecule has 0 saturated heterocycles. The van der Waals surface area contributed by atoms with Crippen molar-refractivity contribution in [1.29, 1.82) is 0 Å². The molecule has 0 spiro atoms. The number of sulfonamides is 1. The summed E-state index contributed by atoms with van der Waals surface area (Å²) in [6.07, 6.45) is 6.56. The van der Waals surface area contributed by atoms with Crippen LogP contribution in [0.25, 0.3) is 0 Å². The highest BCUT2D eigenvalue weighted by atomic mass is 32.2. The van der Waals surface area contributed by atoms with E-state index in [0.717, 1.165) is 25.0 Å². The molecule has 0 aliphatic heterocycles. The van der Waals surface area contributed by atoms with Crippen molar-refractivity contribution in [1.82, 2.24) is 9.29 Å². The molecule has 0 amide bonds. The molecule has 1 atom stereocenters. The zero-order chi connectivity index (χ0) is 14.8. The Bertz CT molecular complexity index is 550. The smallest absolute Gasteiger partial charge is 0.242 e. The van der Waals surface area contributed by atoms with Gasteiger partial charge in [-0.25, -0.2) is 13.1 Å². The number of aromatic nitrogens is 1. The van der Waals surface area contributed by atoms with E-state index in [2.05, 4.69) is 4.72 Å². The van der Waals surface area contributed by atoms with E-state index >= 15 is 0 Å². The van der Waals surface area contributed by atoms with Crippen LogP contribution in [0.15, 0.2) is 17.2 Å². The summed E-state index contributed by atoms with van der Waals surface area (Å²) in [5.41, 5.74) is 0.671. The first-order chi connectivity index (χ1) is 9.47. The Hall–Kier alpha value is -0.500. The molecule has 2 N–H and O–H groups in total. The van der Waals surface area contributed by atoms with Gasteiger partial charge in [-0.05, 0) is 44.3 Å². The van der Waals surface area contributed by atoms with E-state index in [-0.39, 0.29) is 17.5 Å². The molecular formula is C13H22N2O3S2. The molecule has 5 nitrogen and oxygen atoms in total. The molecule has 1 aliphatic carbocycles. The maximum atomic E-state index is 12.3. The number of aliphatic hydroxyl groups excluding tert-OH is 1. The van der Waals surface area contributed by atoms with Crippen LogP contribution in [-0.4, -0.2) is 36.1 Å². The topological polar surface area (TPSA) is 71.3 Å². The standard InChI is InChI=1S/C13H22N2O3S2/c1-10(5-6-19-2)14-20(17,18)13-7-12(9-16)15(8-13)11-3-4-11/h7-8,10-11,14,16H,3-6,9H2,1-2H3. The second kappa shape index (κ2) is 6.51. The molecule has 7 heteroatoms. The van der Waals surface area contributed by atoms with Gasteiger partial charge in [0.2, 0.25) is 10.0 Å². The quantitative estimate of drug-likeness (QED) is 0.766. The number of nitrogens with zero attached hydrogens (tertiary/aromatic N) is 1. The summed E-state index contributed by atoms with van der Waals surface area (Å²) in [6, 6.07) is 1.84. The van der Waals surface area contributed by atoms with E-state index in [1.807, 2.05) is 17.7 Å². The number of aliphatic hydroxyl groups is 1. The van der Waals surface area contributed by atoms with Gasteiger partial charge in [0.15, 0.2) is 0 Å². The van der Waals surface area contributed by atoms with Crippen molar-refractivity contribution >= 4 is 21.8 Å². The fourth-order valence-corrected chi connectivity index (χ4v) is 4.07. The Labute approximate surface area is 124 Å². The average Bonchev–Trinajstić information content (AvgIpc) is 3.14. The minimum Gasteiger partial charge on any atom is -0.390 e. The lowest BCUT2D eigenvalue weighted by Gasteiger charge is -2.12. The molecule has 2 rings (SSSR count). The van der Waals surface area contributed by atoms with Crippen molar-refractivity contribution in [3.63, 3.8) is 0 Å². The van der Waals surface area contributed by atoms with E-state index < -0.39 is 10.0 Å². The van der Waals surface area contributed by atoms with Crippen molar-refractivity contribution in [2.75, 3.05) is 12.0 Å². The second-order valence-electron chi connectivity index (χ2n) is 5.27. The van der Waals surface area contributed by atoms with Crippen LogP contribution < -0.4 is 4.72 Å². The number of hydrogen-bond acceptors (Lipinski definition) is 4. The lowest BCUT2D eigenvalue weighted by Crippen LogP contribution is -2.32. The molecule has 1 aromatic heterocycles. The molecule has 0 aromatic carbocycles. The summed E-state index contributed by atoms with van der Waals surface area (Å²) in [5.74, 6) is 0.925. The molecule has 1 aliphatic rings. The Morgan fingerprint density at radius 2 is 2.25 bits per heavy atom. The summed E-state index contributed by atoms with van der Waals surface area (Å²) in [6.45, 7) is 1.74. The predicted octanol–water partition coefficient (Wildman–Crippen LogP) is 1.74. The van der Waals surface area contributed by atoms with Gasteiger partial charge >= 0.3 is 0 Å². The first kappa shape index (κ1) is 15.9. The Morgan fingerprint density at radius 3 is 2.80 bits per heavy atom. The molecule has 1 saturated carbocycles. The number of thioether (sulfide) groups is 1. The van der Waals surface area contributed by atoms with Gasteiger partial charge in [-0.1, -0.05) is 0 Å². The summed E-state index contributed by atoms with van der Waals surface area (Å²) in [5, 5.41) is 9.33. The lowest BCUT2D eigenvalue weighted by atomic mass is 10.3. The summed E-state index contributed by atoms with van der Waals surface area (Å²) in [4.78, 5) is 0.254. The third kappa shape index (κ3) is 3.78. The third-order valence-electron chi connectivity index (χ3n) is 3.43. The van der Waals surface area contributed by atoms with Crippen molar-refractivity contribution < 1.29 is 13.5 Å². The minimum atomic E-state index is -3.50. The van der Waals surface area contributed by atoms with Gasteiger partial charge in [0.1, 0.15) is 0 Å². The largest absolute Gasteiger partial charge is 0.390 e. The maximum absolute atomic E-state index is 12.3. The van der Waals surface area contributed by atoms with Crippen LogP contribution in [0.1, 0.15) is 37.9 Å². The first-order valence-corrected chi connectivity index (χ1v) is 9.68. The van der Waals surface area contributed by atoms with Gasteiger partial charge in [0.25, 0.3) is 0 Å². The highest BCUT2D eigenvalue weighted by Gasteiger charge is 2.28. The summed E-state index contributed by atoms with van der Waals surface area (Å²) >= 11 is 1.70. The number of rotatable bonds is 8. The number of hydrogen-bond donors (Lipinski definition) is 2. The van der Waals surface area contributed by atoms with E-state index in [4.69, 9.17) is 0 Å². The summed E-state index contributed by atoms with van der Waals surface area (Å²) in [7, 11) is -3.50. The SMILES string of the molecule is CSCCC(C)NS(=O)(=O)c1cc(CO)n(C2CC2)c1. The average molecular weight is 318 g/mol. The van der Waals surface area contributed by atoms with Crippen LogP contribution in [0.2, 0.25) is 0 Å². The normalized spacial score (nSPS) is 17.4. The Balaban J connectivity index is 2.12. The molecule has 1 aromatic rings. The summed E-state index contributed by atoms with van der Waals surface area (Å²) < 4.78 is 29.2. The van der Waals surface area contributed by atoms with Crippen LogP contribution in [0, 0.1) is 0 Å². The molecule has 1 unspecified atom stereocenters. The molecule has 1 fully saturated rings. The molecule has 0 bridgehead atoms. The minimum absolute atomic E-state index is 0.0886. The molecule has 20 heavy (non-hydrogen) atoms. The van der Waals surface area contributed by atoms with Crippen molar-refractivity contribution in [3.05, 3.63) is 18.0 Å². The molecule has 1 heterocycles. The second-order valence-corrected chi connectivity index (χ2v) is 7.97. The lowest BCUT2D eigenvalue weighted by molar-refractivity contribution is 0.270. The van der Waals surface area contributed by atoms with Crippen LogP contribution in [0.5, 0.6) is 0 Å². The Kier molecular flexibility index (Phi) is 5.17. The first-order valence-electron chi connectivity index (χ1n) is 6.81. The van der Waals surface area contributed by atoms with Crippen LogP contribution in [0.4, 0.5) is 0 Å². The fourth-order valence-electron chi connectivity index (χ4n) is 2.15. The monoisotopic (exact) mass is 318 g/mol. The number of nitrogens with one attached hydrogen (secondary N) is 1. The van der Waals surface area contributed by atoms with Crippen molar-refractivity contribution in [2.24, 2.45) is 0 Å². The highest BCUT2D eigenvalue weighted by molar-refractivity contribution is 7.98. The van der Waals surface area contributed by atoms with Gasteiger partial charge in [0, 0.05) is 24.0 Å². The highest BCUT2D eigenvalue weighted by Crippen LogP contribution is 2.37. The van der Waals surface area contributed by atoms with Crippen LogP contribution in [0.3, 0.4) is 0 Å².